The maximum atomic E-state index is 11.8. The van der Waals surface area contributed by atoms with Crippen LogP contribution in [0.3, 0.4) is 0 Å². The van der Waals surface area contributed by atoms with Crippen molar-refractivity contribution >= 4 is 0 Å². The van der Waals surface area contributed by atoms with E-state index < -0.39 is 148 Å². The predicted molar refractivity (Wildman–Crippen MR) is 245 cm³/mol. The summed E-state index contributed by atoms with van der Waals surface area (Å²) < 4.78 is 62.5. The first-order valence-corrected chi connectivity index (χ1v) is 26.7. The Balaban J connectivity index is 0.861. The number of aliphatic hydroxyl groups excluding tert-OH is 11. The lowest BCUT2D eigenvalue weighted by molar-refractivity contribution is -0.398. The fourth-order valence-electron chi connectivity index (χ4n) is 15.5. The van der Waals surface area contributed by atoms with Gasteiger partial charge in [-0.05, 0) is 106 Å². The van der Waals surface area contributed by atoms with E-state index in [1.54, 1.807) is 0 Å². The monoisotopic (exact) mass is 1030 g/mol. The molecule has 21 heteroatoms. The van der Waals surface area contributed by atoms with Gasteiger partial charge in [-0.3, -0.25) is 0 Å². The summed E-state index contributed by atoms with van der Waals surface area (Å²) in [4.78, 5) is 0. The molecule has 0 aromatic heterocycles. The molecule has 0 radical (unpaired) electrons. The minimum absolute atomic E-state index is 0.0829. The average Bonchev–Trinajstić information content (AvgIpc) is 3.81. The fraction of sp³-hybridized carbons (Fsp3) is 0.961. The molecule has 412 valence electrons. The van der Waals surface area contributed by atoms with Crippen molar-refractivity contribution in [2.75, 3.05) is 19.8 Å². The predicted octanol–water partition coefficient (Wildman–Crippen LogP) is -0.934. The lowest BCUT2D eigenvalue weighted by Crippen LogP contribution is -2.67. The number of ether oxygens (including phenoxy) is 10. The van der Waals surface area contributed by atoms with Crippen LogP contribution >= 0.6 is 0 Å². The fourth-order valence-corrected chi connectivity index (χ4v) is 15.5. The standard InChI is InChI=1S/C51H82O21/c1-20-9-14-51(63-19-20)21(2)32-29(72-51)16-28-26-8-7-24-15-25(10-12-49(24,5)27(26)11-13-50(28,32)6)66-48-44(71-45-39(60)36(57)33(54)22(3)64-45)43(35(56)31(18-53)68-48)70-46-41(62)38(59)42(23(4)65-46)69-47-40(61)37(58)34(55)30(17-52)67-47/h7,20-23,25-48,52-62H,8-19H2,1-6H3/t20?,21-,22+,23+,25-,26+,27-,28-,29-,30+,31+,32-,33-,34+,35+,36+,37+,38-,39+,40+,41+,42-,43+,44+,45-,46-,47-,48+,49-,50-,51+/m0/s1. The van der Waals surface area contributed by atoms with Crippen molar-refractivity contribution in [2.24, 2.45) is 46.3 Å². The van der Waals surface area contributed by atoms with E-state index in [9.17, 15) is 56.2 Å². The minimum atomic E-state index is -1.92. The normalized spacial score (nSPS) is 57.8. The highest BCUT2D eigenvalue weighted by molar-refractivity contribution is 5.26. The van der Waals surface area contributed by atoms with Crippen LogP contribution in [0.4, 0.5) is 0 Å². The minimum Gasteiger partial charge on any atom is -0.394 e. The topological polar surface area (TPSA) is 315 Å². The first-order chi connectivity index (χ1) is 34.1. The summed E-state index contributed by atoms with van der Waals surface area (Å²) in [7, 11) is 0. The van der Waals surface area contributed by atoms with Crippen molar-refractivity contribution in [1.29, 1.82) is 0 Å². The van der Waals surface area contributed by atoms with Crippen molar-refractivity contribution in [3.05, 3.63) is 11.6 Å². The van der Waals surface area contributed by atoms with Crippen molar-refractivity contribution in [2.45, 2.75) is 240 Å². The molecule has 9 fully saturated rings. The third-order valence-electron chi connectivity index (χ3n) is 19.8. The van der Waals surface area contributed by atoms with Crippen LogP contribution in [0.1, 0.15) is 99.3 Å². The van der Waals surface area contributed by atoms with E-state index in [4.69, 9.17) is 47.4 Å². The highest BCUT2D eigenvalue weighted by Gasteiger charge is 2.69. The zero-order chi connectivity index (χ0) is 51.5. The molecule has 4 aliphatic carbocycles. The number of aliphatic hydroxyl groups is 11. The van der Waals surface area contributed by atoms with E-state index in [-0.39, 0.29) is 16.9 Å². The molecular weight excluding hydrogens is 949 g/mol. The maximum absolute atomic E-state index is 11.8. The molecule has 72 heavy (non-hydrogen) atoms. The van der Waals surface area contributed by atoms with Gasteiger partial charge in [-0.15, -0.1) is 0 Å². The Morgan fingerprint density at radius 1 is 0.583 bits per heavy atom. The summed E-state index contributed by atoms with van der Waals surface area (Å²) in [5, 5.41) is 119. The van der Waals surface area contributed by atoms with Gasteiger partial charge in [-0.25, -0.2) is 0 Å². The van der Waals surface area contributed by atoms with E-state index in [1.165, 1.54) is 19.4 Å². The summed E-state index contributed by atoms with van der Waals surface area (Å²) >= 11 is 0. The zero-order valence-electron chi connectivity index (χ0n) is 42.2. The number of allylic oxidation sites excluding steroid dienone is 1. The largest absolute Gasteiger partial charge is 0.394 e. The Labute approximate surface area is 420 Å². The highest BCUT2D eigenvalue weighted by Crippen LogP contribution is 2.71. The van der Waals surface area contributed by atoms with Crippen LogP contribution in [0.2, 0.25) is 0 Å². The van der Waals surface area contributed by atoms with Crippen molar-refractivity contribution in [3.63, 3.8) is 0 Å². The van der Waals surface area contributed by atoms with Crippen molar-refractivity contribution in [3.8, 4) is 0 Å². The smallest absolute Gasteiger partial charge is 0.187 e. The number of rotatable bonds is 10. The van der Waals surface area contributed by atoms with Gasteiger partial charge >= 0.3 is 0 Å². The van der Waals surface area contributed by atoms with Gasteiger partial charge < -0.3 is 104 Å². The van der Waals surface area contributed by atoms with E-state index in [0.29, 0.717) is 48.3 Å². The van der Waals surface area contributed by atoms with Gasteiger partial charge in [0.1, 0.15) is 85.5 Å². The SMILES string of the molecule is CC1CC[C@@]2(OC1)O[C@H]1C[C@H]3[C@@H]4CC=C5C[C@@H](O[C@@H]6O[C@H](CO)[C@@H](O)[C@@H](O[C@@H]7O[C@H](C)[C@H](O[C@@H]8O[C@H](CO)[C@@H](O)[C@@H](O)[C@H]8O)[C@@H](O)[C@H]7O)[C@H]6O[C@@H]6O[C@H](C)[C@H](O)[C@@H](O)[C@H]6O)CC[C@]5(C)[C@H]4CC[C@]3(C)[C@H]1[C@@H]2C. The second kappa shape index (κ2) is 20.6. The summed E-state index contributed by atoms with van der Waals surface area (Å²) in [6.07, 6.45) is -21.0. The first kappa shape index (κ1) is 54.3. The molecule has 6 aliphatic heterocycles. The van der Waals surface area contributed by atoms with Gasteiger partial charge in [0.15, 0.2) is 30.9 Å². The Hall–Kier alpha value is -1.10. The zero-order valence-corrected chi connectivity index (χ0v) is 42.2. The molecule has 10 rings (SSSR count). The van der Waals surface area contributed by atoms with Gasteiger partial charge in [0.05, 0.1) is 44.2 Å². The molecular formula is C51H82O21. The molecule has 1 spiro atoms. The third-order valence-corrected chi connectivity index (χ3v) is 19.8. The summed E-state index contributed by atoms with van der Waals surface area (Å²) in [5.74, 6) is 2.36. The van der Waals surface area contributed by atoms with Crippen LogP contribution < -0.4 is 0 Å². The van der Waals surface area contributed by atoms with E-state index in [0.717, 1.165) is 51.6 Å². The molecule has 6 heterocycles. The number of hydrogen-bond acceptors (Lipinski definition) is 21. The molecule has 11 N–H and O–H groups in total. The highest BCUT2D eigenvalue weighted by atomic mass is 16.8. The Morgan fingerprint density at radius 3 is 1.88 bits per heavy atom. The molecule has 1 unspecified atom stereocenters. The van der Waals surface area contributed by atoms with Gasteiger partial charge in [-0.1, -0.05) is 39.3 Å². The van der Waals surface area contributed by atoms with Gasteiger partial charge in [0.2, 0.25) is 0 Å². The van der Waals surface area contributed by atoms with Crippen LogP contribution in [0.15, 0.2) is 11.6 Å². The summed E-state index contributed by atoms with van der Waals surface area (Å²) in [5.41, 5.74) is 1.37. The van der Waals surface area contributed by atoms with Gasteiger partial charge in [0, 0.05) is 12.3 Å². The van der Waals surface area contributed by atoms with Crippen LogP contribution in [0, 0.1) is 46.3 Å². The van der Waals surface area contributed by atoms with Crippen LogP contribution in [-0.2, 0) is 47.4 Å². The second-order valence-corrected chi connectivity index (χ2v) is 23.9. The molecule has 6 saturated heterocycles. The van der Waals surface area contributed by atoms with Crippen LogP contribution in [0.25, 0.3) is 0 Å². The Kier molecular flexibility index (Phi) is 15.5. The van der Waals surface area contributed by atoms with Crippen LogP contribution in [-0.4, -0.2) is 217 Å². The van der Waals surface area contributed by atoms with E-state index >= 15 is 0 Å². The second-order valence-electron chi connectivity index (χ2n) is 23.9. The lowest BCUT2D eigenvalue weighted by Gasteiger charge is -2.59. The lowest BCUT2D eigenvalue weighted by atomic mass is 9.47. The summed E-state index contributed by atoms with van der Waals surface area (Å²) in [6, 6.07) is 0. The molecule has 21 nitrogen and oxygen atoms in total. The number of hydrogen-bond donors (Lipinski definition) is 11. The Bertz CT molecular complexity index is 1900. The molecule has 10 aliphatic rings. The third kappa shape index (κ3) is 9.09. The van der Waals surface area contributed by atoms with E-state index in [1.807, 2.05) is 0 Å². The average molecular weight is 1030 g/mol. The quantitative estimate of drug-likeness (QED) is 0.118. The molecule has 0 aromatic carbocycles. The van der Waals surface area contributed by atoms with Crippen molar-refractivity contribution < 1.29 is 104 Å². The molecule has 31 atom stereocenters. The molecule has 0 amide bonds. The van der Waals surface area contributed by atoms with Gasteiger partial charge in [-0.2, -0.15) is 0 Å². The van der Waals surface area contributed by atoms with Crippen molar-refractivity contribution in [1.82, 2.24) is 0 Å². The maximum Gasteiger partial charge on any atom is 0.187 e. The van der Waals surface area contributed by atoms with Gasteiger partial charge in [0.25, 0.3) is 0 Å². The first-order valence-electron chi connectivity index (χ1n) is 26.7. The molecule has 0 aromatic rings. The molecule has 3 saturated carbocycles. The number of fused-ring (bicyclic) bond motifs is 7. The Morgan fingerprint density at radius 2 is 1.19 bits per heavy atom. The summed E-state index contributed by atoms with van der Waals surface area (Å²) in [6.45, 7) is 11.8. The van der Waals surface area contributed by atoms with E-state index in [2.05, 4.69) is 33.8 Å². The molecule has 0 bridgehead atoms. The van der Waals surface area contributed by atoms with Crippen LogP contribution in [0.5, 0.6) is 0 Å².